The maximum absolute atomic E-state index is 12.5. The predicted molar refractivity (Wildman–Crippen MR) is 49.6 cm³/mol. The molecule has 0 aliphatic rings. The Morgan fingerprint density at radius 1 is 1.13 bits per heavy atom. The molecule has 0 spiro atoms. The summed E-state index contributed by atoms with van der Waals surface area (Å²) >= 11 is 0. The van der Waals surface area contributed by atoms with Gasteiger partial charge in [0.25, 0.3) is 0 Å². The molecule has 0 aromatic rings. The molecule has 0 saturated heterocycles. The van der Waals surface area contributed by atoms with Crippen LogP contribution in [0, 0.1) is 0 Å². The van der Waals surface area contributed by atoms with Gasteiger partial charge in [-0.2, -0.15) is 12.7 Å². The standard InChI is InChI=1S/C4H8FN7O2S/c5-15(13,14)12(3-1-8-10-6)4-2-9-11-7/h1-4H2. The fourth-order valence-electron chi connectivity index (χ4n) is 0.732. The van der Waals surface area contributed by atoms with Gasteiger partial charge in [0, 0.05) is 36.0 Å². The molecule has 11 heteroatoms. The molecule has 0 amide bonds. The number of hydrogen-bond acceptors (Lipinski definition) is 4. The van der Waals surface area contributed by atoms with Crippen LogP contribution in [-0.2, 0) is 10.4 Å². The zero-order chi connectivity index (χ0) is 11.7. The quantitative estimate of drug-likeness (QED) is 0.284. The minimum atomic E-state index is -4.86. The summed E-state index contributed by atoms with van der Waals surface area (Å²) in [7, 11) is -4.86. The highest BCUT2D eigenvalue weighted by Crippen LogP contribution is 2.02. The van der Waals surface area contributed by atoms with Crippen LogP contribution in [0.5, 0.6) is 0 Å². The average Bonchev–Trinajstić information content (AvgIpc) is 2.14. The van der Waals surface area contributed by atoms with Gasteiger partial charge in [0.2, 0.25) is 0 Å². The molecular weight excluding hydrogens is 229 g/mol. The van der Waals surface area contributed by atoms with Crippen LogP contribution in [0.1, 0.15) is 0 Å². The van der Waals surface area contributed by atoms with Gasteiger partial charge in [0.1, 0.15) is 0 Å². The van der Waals surface area contributed by atoms with E-state index >= 15 is 0 Å². The molecule has 0 aromatic carbocycles. The highest BCUT2D eigenvalue weighted by Gasteiger charge is 2.19. The van der Waals surface area contributed by atoms with E-state index in [-0.39, 0.29) is 26.2 Å². The third kappa shape index (κ3) is 6.52. The lowest BCUT2D eigenvalue weighted by molar-refractivity contribution is 0.396. The van der Waals surface area contributed by atoms with Crippen molar-refractivity contribution in [2.45, 2.75) is 0 Å². The first-order valence-corrected chi connectivity index (χ1v) is 5.08. The molecule has 9 nitrogen and oxygen atoms in total. The molecule has 0 unspecified atom stereocenters. The van der Waals surface area contributed by atoms with E-state index in [4.69, 9.17) is 11.1 Å². The third-order valence-corrected chi connectivity index (χ3v) is 2.32. The van der Waals surface area contributed by atoms with Gasteiger partial charge in [-0.15, -0.1) is 0 Å². The van der Waals surface area contributed by atoms with E-state index < -0.39 is 10.4 Å². The van der Waals surface area contributed by atoms with Crippen molar-refractivity contribution in [3.63, 3.8) is 0 Å². The fourth-order valence-corrected chi connectivity index (χ4v) is 1.33. The van der Waals surface area contributed by atoms with Crippen LogP contribution < -0.4 is 0 Å². The zero-order valence-corrected chi connectivity index (χ0v) is 8.38. The van der Waals surface area contributed by atoms with E-state index in [1.165, 1.54) is 0 Å². The molecule has 0 aliphatic heterocycles. The number of nitrogens with zero attached hydrogens (tertiary/aromatic N) is 7. The summed E-state index contributed by atoms with van der Waals surface area (Å²) in [5.41, 5.74) is 15.9. The van der Waals surface area contributed by atoms with Crippen molar-refractivity contribution in [2.75, 3.05) is 26.2 Å². The first kappa shape index (κ1) is 13.5. The van der Waals surface area contributed by atoms with Gasteiger partial charge in [0.05, 0.1) is 0 Å². The molecule has 0 heterocycles. The second-order valence-corrected chi connectivity index (χ2v) is 3.59. The fraction of sp³-hybridized carbons (Fsp3) is 1.00. The van der Waals surface area contributed by atoms with Crippen molar-refractivity contribution in [2.24, 2.45) is 10.2 Å². The van der Waals surface area contributed by atoms with E-state index in [0.29, 0.717) is 4.31 Å². The van der Waals surface area contributed by atoms with E-state index in [2.05, 4.69) is 20.1 Å². The number of hydrogen-bond donors (Lipinski definition) is 0. The van der Waals surface area contributed by atoms with Crippen LogP contribution in [0.3, 0.4) is 0 Å². The second kappa shape index (κ2) is 6.85. The first-order chi connectivity index (χ1) is 7.02. The molecule has 0 N–H and O–H groups in total. The lowest BCUT2D eigenvalue weighted by Crippen LogP contribution is -2.32. The molecule has 15 heavy (non-hydrogen) atoms. The highest BCUT2D eigenvalue weighted by atomic mass is 32.3. The Morgan fingerprint density at radius 2 is 1.53 bits per heavy atom. The van der Waals surface area contributed by atoms with Crippen molar-refractivity contribution >= 4 is 10.4 Å². The maximum Gasteiger partial charge on any atom is 0.374 e. The zero-order valence-electron chi connectivity index (χ0n) is 7.56. The van der Waals surface area contributed by atoms with Crippen LogP contribution in [0.2, 0.25) is 0 Å². The summed E-state index contributed by atoms with van der Waals surface area (Å²) in [5, 5.41) is 6.12. The van der Waals surface area contributed by atoms with Crippen LogP contribution in [0.4, 0.5) is 3.89 Å². The highest BCUT2D eigenvalue weighted by molar-refractivity contribution is 7.83. The summed E-state index contributed by atoms with van der Waals surface area (Å²) in [6, 6.07) is 0. The van der Waals surface area contributed by atoms with Crippen LogP contribution in [0.25, 0.3) is 20.9 Å². The normalized spacial score (nSPS) is 10.5. The number of rotatable bonds is 7. The molecule has 0 rings (SSSR count). The van der Waals surface area contributed by atoms with Crippen molar-refractivity contribution in [3.05, 3.63) is 20.9 Å². The van der Waals surface area contributed by atoms with Crippen LogP contribution in [-0.4, -0.2) is 38.9 Å². The summed E-state index contributed by atoms with van der Waals surface area (Å²) in [6.45, 7) is -0.945. The Balaban J connectivity index is 4.32. The molecule has 0 fully saturated rings. The summed E-state index contributed by atoms with van der Waals surface area (Å²) in [4.78, 5) is 4.77. The summed E-state index contributed by atoms with van der Waals surface area (Å²) in [6.07, 6.45) is 0. The second-order valence-electron chi connectivity index (χ2n) is 2.25. The monoisotopic (exact) mass is 237 g/mol. The molecule has 84 valence electrons. The van der Waals surface area contributed by atoms with E-state index in [1.54, 1.807) is 0 Å². The van der Waals surface area contributed by atoms with Gasteiger partial charge < -0.3 is 0 Å². The van der Waals surface area contributed by atoms with Crippen molar-refractivity contribution in [1.29, 1.82) is 0 Å². The molecule has 0 bridgehead atoms. The molecule has 0 radical (unpaired) electrons. The molecule has 0 atom stereocenters. The van der Waals surface area contributed by atoms with Gasteiger partial charge >= 0.3 is 10.4 Å². The first-order valence-electron chi connectivity index (χ1n) is 3.74. The van der Waals surface area contributed by atoms with E-state index in [9.17, 15) is 12.3 Å². The minimum Gasteiger partial charge on any atom is -0.177 e. The summed E-state index contributed by atoms with van der Waals surface area (Å²) < 4.78 is 34.0. The Bertz CT molecular complexity index is 360. The molecule has 0 aromatic heterocycles. The van der Waals surface area contributed by atoms with Crippen molar-refractivity contribution in [3.8, 4) is 0 Å². The Kier molecular flexibility index (Phi) is 6.14. The minimum absolute atomic E-state index is 0.185. The lowest BCUT2D eigenvalue weighted by Gasteiger charge is -2.14. The predicted octanol–water partition coefficient (Wildman–Crippen LogP) is 1.12. The molecule has 0 aliphatic carbocycles. The maximum atomic E-state index is 12.5. The van der Waals surface area contributed by atoms with Crippen LogP contribution in [0.15, 0.2) is 10.2 Å². The van der Waals surface area contributed by atoms with Gasteiger partial charge in [-0.3, -0.25) is 0 Å². The van der Waals surface area contributed by atoms with Gasteiger partial charge in [0.15, 0.2) is 0 Å². The number of halogens is 1. The Morgan fingerprint density at radius 3 is 1.80 bits per heavy atom. The Hall–Kier alpha value is -1.54. The topological polar surface area (TPSA) is 135 Å². The van der Waals surface area contributed by atoms with Gasteiger partial charge in [-0.25, -0.2) is 0 Å². The molecule has 0 saturated carbocycles. The SMILES string of the molecule is [N-]=[N+]=NCCN(CCN=[N+]=[N-])S(=O)(=O)F. The Labute approximate surface area is 85.1 Å². The van der Waals surface area contributed by atoms with E-state index in [1.807, 2.05) is 0 Å². The van der Waals surface area contributed by atoms with Gasteiger partial charge in [-0.1, -0.05) is 14.1 Å². The van der Waals surface area contributed by atoms with Crippen molar-refractivity contribution < 1.29 is 12.3 Å². The summed E-state index contributed by atoms with van der Waals surface area (Å²) in [5.74, 6) is 0. The van der Waals surface area contributed by atoms with Crippen LogP contribution >= 0.6 is 0 Å². The van der Waals surface area contributed by atoms with Gasteiger partial charge in [-0.05, 0) is 11.1 Å². The van der Waals surface area contributed by atoms with Crippen molar-refractivity contribution in [1.82, 2.24) is 4.31 Å². The average molecular weight is 237 g/mol. The lowest BCUT2D eigenvalue weighted by atomic mass is 10.6. The smallest absolute Gasteiger partial charge is 0.177 e. The third-order valence-electron chi connectivity index (χ3n) is 1.33. The number of azide groups is 2. The largest absolute Gasteiger partial charge is 0.374 e. The molecular formula is C4H8FN7O2S. The van der Waals surface area contributed by atoms with E-state index in [0.717, 1.165) is 0 Å².